The van der Waals surface area contributed by atoms with E-state index < -0.39 is 0 Å². The van der Waals surface area contributed by atoms with E-state index in [0.717, 1.165) is 42.1 Å². The predicted molar refractivity (Wildman–Crippen MR) is 125 cm³/mol. The number of carbonyl (C=O) groups is 1. The van der Waals surface area contributed by atoms with Gasteiger partial charge in [0.1, 0.15) is 13.2 Å². The average molecular weight is 421 g/mol. The molecule has 31 heavy (non-hydrogen) atoms. The highest BCUT2D eigenvalue weighted by Gasteiger charge is 2.28. The van der Waals surface area contributed by atoms with E-state index in [1.807, 2.05) is 30.0 Å². The lowest BCUT2D eigenvalue weighted by Crippen LogP contribution is -2.41. The highest BCUT2D eigenvalue weighted by molar-refractivity contribution is 6.06. The second-order valence-corrected chi connectivity index (χ2v) is 9.34. The summed E-state index contributed by atoms with van der Waals surface area (Å²) in [6, 6.07) is 14.4. The van der Waals surface area contributed by atoms with E-state index in [2.05, 4.69) is 50.4 Å². The Morgan fingerprint density at radius 1 is 1.06 bits per heavy atom. The van der Waals surface area contributed by atoms with Crippen LogP contribution in [0.25, 0.3) is 5.57 Å². The van der Waals surface area contributed by atoms with E-state index >= 15 is 0 Å². The molecule has 1 amide bonds. The number of anilines is 1. The Kier molecular flexibility index (Phi) is 6.05. The van der Waals surface area contributed by atoms with Gasteiger partial charge < -0.3 is 19.7 Å². The molecule has 2 aromatic carbocycles. The number of nitrogens with one attached hydrogen (secondary N) is 1. The standard InChI is InChI=1S/C26H32N2O3/c1-18(19-5-7-20(8-6-19)26(2,3)4)15-25(29)28(22-11-12-27-17-22)21-9-10-23-24(16-21)31-14-13-30-23/h5-10,15-16,22,27H,11-14,17H2,1-4H3/b18-15-. The van der Waals surface area contributed by atoms with Crippen molar-refractivity contribution in [3.8, 4) is 11.5 Å². The minimum Gasteiger partial charge on any atom is -0.486 e. The van der Waals surface area contributed by atoms with Crippen molar-refractivity contribution in [3.05, 3.63) is 59.7 Å². The molecule has 2 aromatic rings. The maximum Gasteiger partial charge on any atom is 0.251 e. The van der Waals surface area contributed by atoms with Crippen molar-refractivity contribution in [3.63, 3.8) is 0 Å². The van der Waals surface area contributed by atoms with Crippen molar-refractivity contribution < 1.29 is 14.3 Å². The summed E-state index contributed by atoms with van der Waals surface area (Å²) in [6.07, 6.45) is 2.68. The fraction of sp³-hybridized carbons (Fsp3) is 0.423. The van der Waals surface area contributed by atoms with Crippen molar-refractivity contribution in [2.75, 3.05) is 31.2 Å². The summed E-state index contributed by atoms with van der Waals surface area (Å²) >= 11 is 0. The summed E-state index contributed by atoms with van der Waals surface area (Å²) in [5.74, 6) is 1.42. The van der Waals surface area contributed by atoms with Crippen LogP contribution in [0.4, 0.5) is 5.69 Å². The maximum atomic E-state index is 13.5. The van der Waals surface area contributed by atoms with Crippen LogP contribution < -0.4 is 19.7 Å². The first-order chi connectivity index (χ1) is 14.8. The van der Waals surface area contributed by atoms with Gasteiger partial charge in [0.15, 0.2) is 11.5 Å². The van der Waals surface area contributed by atoms with Crippen LogP contribution in [0, 0.1) is 0 Å². The maximum absolute atomic E-state index is 13.5. The molecule has 5 nitrogen and oxygen atoms in total. The molecule has 164 valence electrons. The van der Waals surface area contributed by atoms with Gasteiger partial charge >= 0.3 is 0 Å². The van der Waals surface area contributed by atoms with Crippen LogP contribution in [0.2, 0.25) is 0 Å². The van der Waals surface area contributed by atoms with Gasteiger partial charge in [0.2, 0.25) is 0 Å². The third kappa shape index (κ3) is 4.77. The number of rotatable bonds is 4. The highest BCUT2D eigenvalue weighted by Crippen LogP contribution is 2.35. The number of hydrogen-bond acceptors (Lipinski definition) is 4. The molecule has 1 unspecified atom stereocenters. The van der Waals surface area contributed by atoms with Crippen molar-refractivity contribution in [1.82, 2.24) is 5.32 Å². The van der Waals surface area contributed by atoms with E-state index in [9.17, 15) is 4.79 Å². The number of hydrogen-bond donors (Lipinski definition) is 1. The molecule has 2 aliphatic rings. The van der Waals surface area contributed by atoms with Gasteiger partial charge in [-0.2, -0.15) is 0 Å². The lowest BCUT2D eigenvalue weighted by atomic mass is 9.86. The zero-order valence-electron chi connectivity index (χ0n) is 18.9. The minimum absolute atomic E-state index is 0.0113. The number of fused-ring (bicyclic) bond motifs is 1. The Labute approximate surface area is 185 Å². The van der Waals surface area contributed by atoms with E-state index in [4.69, 9.17) is 9.47 Å². The van der Waals surface area contributed by atoms with E-state index in [0.29, 0.717) is 19.0 Å². The van der Waals surface area contributed by atoms with Crippen molar-refractivity contribution >= 4 is 17.2 Å². The third-order valence-corrected chi connectivity index (χ3v) is 5.99. The number of ether oxygens (including phenoxy) is 2. The van der Waals surface area contributed by atoms with Crippen LogP contribution in [0.15, 0.2) is 48.5 Å². The molecule has 1 atom stereocenters. The second kappa shape index (κ2) is 8.75. The first-order valence-corrected chi connectivity index (χ1v) is 11.1. The van der Waals surface area contributed by atoms with Gasteiger partial charge in [-0.15, -0.1) is 0 Å². The van der Waals surface area contributed by atoms with Gasteiger partial charge in [-0.25, -0.2) is 0 Å². The third-order valence-electron chi connectivity index (χ3n) is 5.99. The quantitative estimate of drug-likeness (QED) is 0.737. The monoisotopic (exact) mass is 420 g/mol. The number of amides is 1. The molecule has 1 saturated heterocycles. The van der Waals surface area contributed by atoms with Crippen molar-refractivity contribution in [1.29, 1.82) is 0 Å². The zero-order chi connectivity index (χ0) is 22.0. The summed E-state index contributed by atoms with van der Waals surface area (Å²) in [6.45, 7) is 11.4. The van der Waals surface area contributed by atoms with Gasteiger partial charge in [-0.3, -0.25) is 4.79 Å². The molecular formula is C26H32N2O3. The smallest absolute Gasteiger partial charge is 0.251 e. The molecule has 0 aliphatic carbocycles. The Balaban J connectivity index is 1.62. The second-order valence-electron chi connectivity index (χ2n) is 9.34. The van der Waals surface area contributed by atoms with Gasteiger partial charge in [0.25, 0.3) is 5.91 Å². The molecule has 0 bridgehead atoms. The van der Waals surface area contributed by atoms with E-state index in [-0.39, 0.29) is 17.4 Å². The summed E-state index contributed by atoms with van der Waals surface area (Å²) in [5.41, 5.74) is 4.25. The molecule has 0 spiro atoms. The molecule has 5 heteroatoms. The van der Waals surface area contributed by atoms with Crippen molar-refractivity contribution in [2.45, 2.75) is 45.6 Å². The van der Waals surface area contributed by atoms with Crippen LogP contribution in [0.5, 0.6) is 11.5 Å². The van der Waals surface area contributed by atoms with Crippen LogP contribution in [0.1, 0.15) is 45.2 Å². The van der Waals surface area contributed by atoms with Gasteiger partial charge in [-0.1, -0.05) is 45.0 Å². The highest BCUT2D eigenvalue weighted by atomic mass is 16.6. The van der Waals surface area contributed by atoms with E-state index in [1.165, 1.54) is 5.56 Å². The summed E-state index contributed by atoms with van der Waals surface area (Å²) in [4.78, 5) is 15.4. The Morgan fingerprint density at radius 3 is 2.42 bits per heavy atom. The minimum atomic E-state index is -0.0113. The van der Waals surface area contributed by atoms with Gasteiger partial charge in [-0.05, 0) is 54.1 Å². The average Bonchev–Trinajstić information content (AvgIpc) is 3.27. The number of nitrogens with zero attached hydrogens (tertiary/aromatic N) is 1. The fourth-order valence-electron chi connectivity index (χ4n) is 4.13. The topological polar surface area (TPSA) is 50.8 Å². The van der Waals surface area contributed by atoms with Gasteiger partial charge in [0.05, 0.1) is 6.04 Å². The Morgan fingerprint density at radius 2 is 1.77 bits per heavy atom. The first-order valence-electron chi connectivity index (χ1n) is 11.1. The molecule has 1 N–H and O–H groups in total. The van der Waals surface area contributed by atoms with Crippen LogP contribution in [-0.4, -0.2) is 38.3 Å². The lowest BCUT2D eigenvalue weighted by molar-refractivity contribution is -0.114. The van der Waals surface area contributed by atoms with Crippen LogP contribution in [0.3, 0.4) is 0 Å². The zero-order valence-corrected chi connectivity index (χ0v) is 18.9. The Bertz CT molecular complexity index is 967. The van der Waals surface area contributed by atoms with Gasteiger partial charge in [0, 0.05) is 24.4 Å². The molecule has 0 radical (unpaired) electrons. The normalized spacial score (nSPS) is 18.7. The summed E-state index contributed by atoms with van der Waals surface area (Å²) in [5, 5.41) is 3.37. The molecule has 2 aliphatic heterocycles. The van der Waals surface area contributed by atoms with Crippen molar-refractivity contribution in [2.24, 2.45) is 0 Å². The first kappa shape index (κ1) is 21.4. The molecule has 0 saturated carbocycles. The van der Waals surface area contributed by atoms with E-state index in [1.54, 1.807) is 6.08 Å². The molecule has 0 aromatic heterocycles. The lowest BCUT2D eigenvalue weighted by Gasteiger charge is -2.29. The van der Waals surface area contributed by atoms with Crippen LogP contribution >= 0.6 is 0 Å². The summed E-state index contributed by atoms with van der Waals surface area (Å²) in [7, 11) is 0. The number of allylic oxidation sites excluding steroid dienone is 1. The fourth-order valence-corrected chi connectivity index (χ4v) is 4.13. The largest absolute Gasteiger partial charge is 0.486 e. The predicted octanol–water partition coefficient (Wildman–Crippen LogP) is 4.55. The van der Waals surface area contributed by atoms with Crippen LogP contribution in [-0.2, 0) is 10.2 Å². The Hall–Kier alpha value is -2.79. The molecule has 2 heterocycles. The summed E-state index contributed by atoms with van der Waals surface area (Å²) < 4.78 is 11.4. The molecular weight excluding hydrogens is 388 g/mol. The number of benzene rings is 2. The SMILES string of the molecule is C/C(=C/C(=O)N(c1ccc2c(c1)OCCO2)C1CCNC1)c1ccc(C(C)(C)C)cc1. The molecule has 4 rings (SSSR count). The number of carbonyl (C=O) groups excluding carboxylic acids is 1. The molecule has 1 fully saturated rings.